The lowest BCUT2D eigenvalue weighted by molar-refractivity contribution is 0.508. The van der Waals surface area contributed by atoms with Crippen LogP contribution < -0.4 is 15.8 Å². The molecule has 29 heavy (non-hydrogen) atoms. The van der Waals surface area contributed by atoms with Crippen LogP contribution in [0.2, 0.25) is 0 Å². The van der Waals surface area contributed by atoms with E-state index in [0.29, 0.717) is 12.5 Å². The second-order valence-electron chi connectivity index (χ2n) is 7.40. The average molecular weight is 530 g/mol. The van der Waals surface area contributed by atoms with Crippen molar-refractivity contribution in [2.24, 2.45) is 10.1 Å². The highest BCUT2D eigenvalue weighted by molar-refractivity contribution is 14.0. The van der Waals surface area contributed by atoms with Gasteiger partial charge in [0.25, 0.3) is 0 Å². The molecule has 2 aromatic carbocycles. The number of hydrogen-bond acceptors (Lipinski definition) is 3. The molecular formula is C21H31IN4O2S. The Morgan fingerprint density at radius 1 is 1.00 bits per heavy atom. The normalized spacial score (nSPS) is 12.2. The number of nitrogens with one attached hydrogen (secondary N) is 2. The minimum absolute atomic E-state index is 0. The molecule has 2 rings (SSSR count). The molecule has 160 valence electrons. The Kier molecular flexibility index (Phi) is 9.57. The molecule has 8 heteroatoms. The van der Waals surface area contributed by atoms with Gasteiger partial charge in [0.2, 0.25) is 10.0 Å². The first kappa shape index (κ1) is 25.4. The van der Waals surface area contributed by atoms with E-state index >= 15 is 0 Å². The van der Waals surface area contributed by atoms with Gasteiger partial charge in [0.15, 0.2) is 5.96 Å². The first-order valence-electron chi connectivity index (χ1n) is 9.31. The van der Waals surface area contributed by atoms with Gasteiger partial charge in [-0.15, -0.1) is 24.0 Å². The number of guanidine groups is 1. The molecule has 0 atom stereocenters. The van der Waals surface area contributed by atoms with Gasteiger partial charge in [-0.3, -0.25) is 4.99 Å². The maximum atomic E-state index is 11.3. The summed E-state index contributed by atoms with van der Waals surface area (Å²) in [5.74, 6) is 0.689. The van der Waals surface area contributed by atoms with Crippen LogP contribution in [0, 0.1) is 0 Å². The first-order chi connectivity index (χ1) is 13.2. The smallest absolute Gasteiger partial charge is 0.238 e. The lowest BCUT2D eigenvalue weighted by Crippen LogP contribution is -2.43. The molecule has 0 unspecified atom stereocenters. The number of sulfonamides is 1. The van der Waals surface area contributed by atoms with Crippen molar-refractivity contribution in [1.82, 2.24) is 10.6 Å². The number of hydrogen-bond donors (Lipinski definition) is 3. The lowest BCUT2D eigenvalue weighted by Gasteiger charge is -2.27. The van der Waals surface area contributed by atoms with Crippen molar-refractivity contribution < 1.29 is 8.42 Å². The Bertz CT molecular complexity index is 909. The third-order valence-electron chi connectivity index (χ3n) is 4.78. The van der Waals surface area contributed by atoms with Crippen molar-refractivity contribution in [1.29, 1.82) is 0 Å². The third-order valence-corrected chi connectivity index (χ3v) is 5.71. The molecule has 0 radical (unpaired) electrons. The Morgan fingerprint density at radius 2 is 1.55 bits per heavy atom. The fourth-order valence-corrected chi connectivity index (χ4v) is 3.32. The zero-order chi connectivity index (χ0) is 20.8. The van der Waals surface area contributed by atoms with Crippen molar-refractivity contribution in [3.05, 3.63) is 65.2 Å². The second kappa shape index (κ2) is 10.9. The van der Waals surface area contributed by atoms with Gasteiger partial charge in [0.1, 0.15) is 0 Å². The molecule has 2 aromatic rings. The van der Waals surface area contributed by atoms with E-state index in [4.69, 9.17) is 5.14 Å². The van der Waals surface area contributed by atoms with Crippen LogP contribution in [-0.2, 0) is 28.4 Å². The van der Waals surface area contributed by atoms with Gasteiger partial charge in [-0.2, -0.15) is 0 Å². The summed E-state index contributed by atoms with van der Waals surface area (Å²) in [5.41, 5.74) is 3.48. The van der Waals surface area contributed by atoms with Crippen molar-refractivity contribution in [2.75, 3.05) is 13.6 Å². The summed E-state index contributed by atoms with van der Waals surface area (Å²) in [7, 11) is -1.94. The number of aryl methyl sites for hydroxylation is 1. The molecule has 4 N–H and O–H groups in total. The minimum atomic E-state index is -3.67. The summed E-state index contributed by atoms with van der Waals surface area (Å²) < 4.78 is 22.6. The van der Waals surface area contributed by atoms with Crippen LogP contribution in [0.4, 0.5) is 0 Å². The maximum absolute atomic E-state index is 11.3. The predicted octanol–water partition coefficient (Wildman–Crippen LogP) is 3.16. The zero-order valence-corrected chi connectivity index (χ0v) is 20.5. The van der Waals surface area contributed by atoms with Gasteiger partial charge in [0, 0.05) is 25.6 Å². The maximum Gasteiger partial charge on any atom is 0.238 e. The molecule has 0 spiro atoms. The lowest BCUT2D eigenvalue weighted by atomic mass is 9.84. The largest absolute Gasteiger partial charge is 0.356 e. The summed E-state index contributed by atoms with van der Waals surface area (Å²) in [6.45, 7) is 7.79. The third kappa shape index (κ3) is 7.60. The van der Waals surface area contributed by atoms with Gasteiger partial charge < -0.3 is 10.6 Å². The molecular weight excluding hydrogens is 499 g/mol. The SMILES string of the molecule is CCc1ccc(C(C)(C)CNC(=NC)NCc2ccc(S(N)(=O)=O)cc2)cc1.I. The van der Waals surface area contributed by atoms with Crippen LogP contribution in [0.15, 0.2) is 58.4 Å². The van der Waals surface area contributed by atoms with Crippen molar-refractivity contribution in [3.8, 4) is 0 Å². The monoisotopic (exact) mass is 530 g/mol. The fraction of sp³-hybridized carbons (Fsp3) is 0.381. The number of aliphatic imine (C=N–C) groups is 1. The number of rotatable bonds is 7. The van der Waals surface area contributed by atoms with Crippen LogP contribution in [-0.4, -0.2) is 28.0 Å². The van der Waals surface area contributed by atoms with Crippen molar-refractivity contribution in [2.45, 2.75) is 44.0 Å². The quantitative estimate of drug-likeness (QED) is 0.291. The minimum Gasteiger partial charge on any atom is -0.356 e. The van der Waals surface area contributed by atoms with Crippen LogP contribution in [0.5, 0.6) is 0 Å². The molecule has 0 amide bonds. The van der Waals surface area contributed by atoms with E-state index < -0.39 is 10.0 Å². The highest BCUT2D eigenvalue weighted by Crippen LogP contribution is 2.22. The van der Waals surface area contributed by atoms with Crippen LogP contribution >= 0.6 is 24.0 Å². The van der Waals surface area contributed by atoms with E-state index in [9.17, 15) is 8.42 Å². The summed E-state index contributed by atoms with van der Waals surface area (Å²) in [6, 6.07) is 15.2. The number of nitrogens with zero attached hydrogens (tertiary/aromatic N) is 1. The van der Waals surface area contributed by atoms with Crippen LogP contribution in [0.3, 0.4) is 0 Å². The van der Waals surface area contributed by atoms with E-state index in [1.54, 1.807) is 19.2 Å². The summed E-state index contributed by atoms with van der Waals surface area (Å²) in [4.78, 5) is 4.37. The zero-order valence-electron chi connectivity index (χ0n) is 17.4. The van der Waals surface area contributed by atoms with Crippen LogP contribution in [0.1, 0.15) is 37.5 Å². The molecule has 6 nitrogen and oxygen atoms in total. The van der Waals surface area contributed by atoms with Crippen molar-refractivity contribution in [3.63, 3.8) is 0 Å². The van der Waals surface area contributed by atoms with E-state index in [-0.39, 0.29) is 34.3 Å². The molecule has 0 aliphatic rings. The summed E-state index contributed by atoms with van der Waals surface area (Å²) in [5, 5.41) is 11.7. The Labute approximate surface area is 191 Å². The van der Waals surface area contributed by atoms with Gasteiger partial charge in [0.05, 0.1) is 4.90 Å². The molecule has 0 aliphatic carbocycles. The highest BCUT2D eigenvalue weighted by Gasteiger charge is 2.20. The van der Waals surface area contributed by atoms with Crippen LogP contribution in [0.25, 0.3) is 0 Å². The highest BCUT2D eigenvalue weighted by atomic mass is 127. The van der Waals surface area contributed by atoms with E-state index in [0.717, 1.165) is 18.5 Å². The molecule has 0 aliphatic heterocycles. The number of halogens is 1. The average Bonchev–Trinajstić information content (AvgIpc) is 2.68. The number of nitrogens with two attached hydrogens (primary N) is 1. The summed E-state index contributed by atoms with van der Waals surface area (Å²) >= 11 is 0. The van der Waals surface area contributed by atoms with Gasteiger partial charge in [-0.05, 0) is 35.2 Å². The first-order valence-corrected chi connectivity index (χ1v) is 10.9. The van der Waals surface area contributed by atoms with Gasteiger partial charge in [-0.25, -0.2) is 13.6 Å². The Morgan fingerprint density at radius 3 is 2.03 bits per heavy atom. The van der Waals surface area contributed by atoms with Gasteiger partial charge in [-0.1, -0.05) is 57.2 Å². The van der Waals surface area contributed by atoms with E-state index in [2.05, 4.69) is 60.7 Å². The molecule has 0 heterocycles. The molecule has 0 bridgehead atoms. The molecule has 0 saturated carbocycles. The fourth-order valence-electron chi connectivity index (χ4n) is 2.80. The second-order valence-corrected chi connectivity index (χ2v) is 8.96. The van der Waals surface area contributed by atoms with E-state index in [1.165, 1.54) is 23.3 Å². The molecule has 0 aromatic heterocycles. The predicted molar refractivity (Wildman–Crippen MR) is 130 cm³/mol. The Balaban J connectivity index is 0.00000420. The molecule has 0 fully saturated rings. The standard InChI is InChI=1S/C21H30N4O2S.HI/c1-5-16-6-10-18(11-7-16)21(2,3)15-25-20(23-4)24-14-17-8-12-19(13-9-17)28(22,26)27;/h6-13H,5,14-15H2,1-4H3,(H2,22,26,27)(H2,23,24,25);1H. The van der Waals surface area contributed by atoms with Crippen molar-refractivity contribution >= 4 is 40.0 Å². The molecule has 0 saturated heterocycles. The number of primary sulfonamides is 1. The summed E-state index contributed by atoms with van der Waals surface area (Å²) in [6.07, 6.45) is 1.04. The van der Waals surface area contributed by atoms with E-state index in [1.807, 2.05) is 0 Å². The number of benzene rings is 2. The van der Waals surface area contributed by atoms with Gasteiger partial charge >= 0.3 is 0 Å². The Hall–Kier alpha value is -1.65. The topological polar surface area (TPSA) is 96.6 Å².